The Kier molecular flexibility index (Phi) is 6.36. The Hall–Kier alpha value is -2.24. The van der Waals surface area contributed by atoms with E-state index in [1.807, 2.05) is 43.3 Å². The Labute approximate surface area is 155 Å². The molecule has 3 rings (SSSR count). The predicted molar refractivity (Wildman–Crippen MR) is 104 cm³/mol. The van der Waals surface area contributed by atoms with E-state index < -0.39 is 6.10 Å². The molecule has 0 radical (unpaired) electrons. The third kappa shape index (κ3) is 5.13. The van der Waals surface area contributed by atoms with Crippen molar-refractivity contribution in [3.8, 4) is 11.5 Å². The number of benzene rings is 2. The van der Waals surface area contributed by atoms with E-state index in [1.165, 1.54) is 11.3 Å². The first-order chi connectivity index (χ1) is 12.6. The lowest BCUT2D eigenvalue weighted by molar-refractivity contribution is 0.0663. The zero-order chi connectivity index (χ0) is 18.4. The summed E-state index contributed by atoms with van der Waals surface area (Å²) < 4.78 is 11.0. The van der Waals surface area contributed by atoms with Crippen LogP contribution in [0.15, 0.2) is 48.5 Å². The molecule has 0 aliphatic carbocycles. The van der Waals surface area contributed by atoms with Crippen LogP contribution in [0.3, 0.4) is 0 Å². The van der Waals surface area contributed by atoms with Crippen LogP contribution in [0.4, 0.5) is 5.69 Å². The van der Waals surface area contributed by atoms with Gasteiger partial charge in [0, 0.05) is 44.5 Å². The van der Waals surface area contributed by atoms with Crippen LogP contribution in [0.1, 0.15) is 5.56 Å². The topological polar surface area (TPSA) is 45.2 Å². The van der Waals surface area contributed by atoms with Crippen molar-refractivity contribution in [1.82, 2.24) is 4.90 Å². The van der Waals surface area contributed by atoms with Crippen molar-refractivity contribution in [2.45, 2.75) is 13.0 Å². The highest BCUT2D eigenvalue weighted by Gasteiger charge is 2.20. The molecule has 1 atom stereocenters. The number of hydrogen-bond acceptors (Lipinski definition) is 5. The van der Waals surface area contributed by atoms with Crippen LogP contribution >= 0.6 is 0 Å². The van der Waals surface area contributed by atoms with E-state index in [-0.39, 0.29) is 0 Å². The van der Waals surface area contributed by atoms with Crippen LogP contribution in [0.25, 0.3) is 0 Å². The fourth-order valence-electron chi connectivity index (χ4n) is 3.17. The fraction of sp³-hybridized carbons (Fsp3) is 0.429. The zero-order valence-corrected chi connectivity index (χ0v) is 15.6. The molecule has 1 unspecified atom stereocenters. The second-order valence-electron chi connectivity index (χ2n) is 6.77. The van der Waals surface area contributed by atoms with Crippen LogP contribution in [0.2, 0.25) is 0 Å². The van der Waals surface area contributed by atoms with Crippen LogP contribution in [-0.2, 0) is 0 Å². The number of aliphatic hydroxyl groups excluding tert-OH is 1. The lowest BCUT2D eigenvalue weighted by Gasteiger charge is -2.37. The number of ether oxygens (including phenoxy) is 2. The second kappa shape index (κ2) is 8.92. The molecule has 1 aliphatic rings. The molecule has 0 amide bonds. The van der Waals surface area contributed by atoms with E-state index in [9.17, 15) is 5.11 Å². The van der Waals surface area contributed by atoms with Crippen molar-refractivity contribution in [3.05, 3.63) is 54.1 Å². The van der Waals surface area contributed by atoms with Crippen molar-refractivity contribution >= 4 is 5.69 Å². The maximum absolute atomic E-state index is 10.3. The highest BCUT2D eigenvalue weighted by atomic mass is 16.5. The lowest BCUT2D eigenvalue weighted by atomic mass is 10.2. The average Bonchev–Trinajstić information content (AvgIpc) is 2.68. The summed E-state index contributed by atoms with van der Waals surface area (Å²) in [6.07, 6.45) is -0.486. The fourth-order valence-corrected chi connectivity index (χ4v) is 3.17. The van der Waals surface area contributed by atoms with Crippen LogP contribution < -0.4 is 14.4 Å². The van der Waals surface area contributed by atoms with Crippen molar-refractivity contribution in [3.63, 3.8) is 0 Å². The summed E-state index contributed by atoms with van der Waals surface area (Å²) in [5.74, 6) is 1.69. The Morgan fingerprint density at radius 3 is 2.42 bits per heavy atom. The van der Waals surface area contributed by atoms with Crippen molar-refractivity contribution < 1.29 is 14.6 Å². The van der Waals surface area contributed by atoms with Gasteiger partial charge in [-0.05, 0) is 31.2 Å². The molecular weight excluding hydrogens is 328 g/mol. The first-order valence-electron chi connectivity index (χ1n) is 9.13. The van der Waals surface area contributed by atoms with Crippen LogP contribution in [-0.4, -0.2) is 62.6 Å². The number of anilines is 1. The quantitative estimate of drug-likeness (QED) is 0.826. The van der Waals surface area contributed by atoms with Crippen LogP contribution in [0.5, 0.6) is 11.5 Å². The van der Waals surface area contributed by atoms with Gasteiger partial charge in [-0.2, -0.15) is 0 Å². The summed E-state index contributed by atoms with van der Waals surface area (Å²) in [5.41, 5.74) is 2.39. The number of β-amino-alcohol motifs (C(OH)–C–C–N with tert-alkyl or cyclic N) is 1. The van der Waals surface area contributed by atoms with Gasteiger partial charge in [0.05, 0.1) is 7.11 Å². The molecule has 1 aliphatic heterocycles. The Morgan fingerprint density at radius 2 is 1.73 bits per heavy atom. The standard InChI is InChI=1S/C21H28N2O3/c1-17-6-8-20(9-7-17)26-16-19(24)15-22-10-12-23(13-11-22)18-4-3-5-21(14-18)25-2/h3-9,14,19,24H,10-13,15-16H2,1-2H3. The van der Waals surface area contributed by atoms with Crippen molar-refractivity contribution in [2.24, 2.45) is 0 Å². The molecule has 2 aromatic carbocycles. The van der Waals surface area contributed by atoms with Crippen molar-refractivity contribution in [2.75, 3.05) is 51.3 Å². The molecule has 1 fully saturated rings. The summed E-state index contributed by atoms with van der Waals surface area (Å²) in [6.45, 7) is 6.75. The molecule has 1 N–H and O–H groups in total. The largest absolute Gasteiger partial charge is 0.497 e. The monoisotopic (exact) mass is 356 g/mol. The molecule has 1 saturated heterocycles. The van der Waals surface area contributed by atoms with Crippen molar-refractivity contribution in [1.29, 1.82) is 0 Å². The van der Waals surface area contributed by atoms with E-state index in [2.05, 4.69) is 21.9 Å². The highest BCUT2D eigenvalue weighted by molar-refractivity contribution is 5.51. The summed E-state index contributed by atoms with van der Waals surface area (Å²) in [5, 5.41) is 10.3. The number of nitrogens with zero attached hydrogens (tertiary/aromatic N) is 2. The molecule has 2 aromatic rings. The third-order valence-electron chi connectivity index (χ3n) is 4.72. The molecule has 0 spiro atoms. The summed E-state index contributed by atoms with van der Waals surface area (Å²) >= 11 is 0. The Balaban J connectivity index is 1.42. The van der Waals surface area contributed by atoms with E-state index >= 15 is 0 Å². The molecule has 5 heteroatoms. The van der Waals surface area contributed by atoms with Gasteiger partial charge in [0.2, 0.25) is 0 Å². The molecule has 26 heavy (non-hydrogen) atoms. The lowest BCUT2D eigenvalue weighted by Crippen LogP contribution is -2.49. The van der Waals surface area contributed by atoms with Gasteiger partial charge in [0.15, 0.2) is 0 Å². The second-order valence-corrected chi connectivity index (χ2v) is 6.77. The van der Waals surface area contributed by atoms with E-state index in [0.29, 0.717) is 13.2 Å². The summed E-state index contributed by atoms with van der Waals surface area (Å²) in [4.78, 5) is 4.65. The van der Waals surface area contributed by atoms with Gasteiger partial charge in [-0.25, -0.2) is 0 Å². The number of piperazine rings is 1. The summed E-state index contributed by atoms with van der Waals surface area (Å²) in [7, 11) is 1.69. The normalized spacial score (nSPS) is 16.3. The SMILES string of the molecule is COc1cccc(N2CCN(CC(O)COc3ccc(C)cc3)CC2)c1. The molecule has 0 aromatic heterocycles. The molecule has 0 saturated carbocycles. The molecular formula is C21H28N2O3. The van der Waals surface area contributed by atoms with E-state index in [1.54, 1.807) is 7.11 Å². The van der Waals surface area contributed by atoms with E-state index in [4.69, 9.17) is 9.47 Å². The van der Waals surface area contributed by atoms with Gasteiger partial charge in [-0.15, -0.1) is 0 Å². The molecule has 140 valence electrons. The van der Waals surface area contributed by atoms with Gasteiger partial charge in [0.1, 0.15) is 24.2 Å². The van der Waals surface area contributed by atoms with E-state index in [0.717, 1.165) is 37.7 Å². The first-order valence-corrected chi connectivity index (χ1v) is 9.13. The number of methoxy groups -OCH3 is 1. The minimum atomic E-state index is -0.486. The Morgan fingerprint density at radius 1 is 1.00 bits per heavy atom. The van der Waals surface area contributed by atoms with Gasteiger partial charge < -0.3 is 19.5 Å². The summed E-state index contributed by atoms with van der Waals surface area (Å²) in [6, 6.07) is 16.1. The minimum Gasteiger partial charge on any atom is -0.497 e. The minimum absolute atomic E-state index is 0.319. The first kappa shape index (κ1) is 18.5. The van der Waals surface area contributed by atoms with Gasteiger partial charge >= 0.3 is 0 Å². The third-order valence-corrected chi connectivity index (χ3v) is 4.72. The number of rotatable bonds is 7. The maximum atomic E-state index is 10.3. The molecule has 0 bridgehead atoms. The Bertz CT molecular complexity index is 682. The number of aryl methyl sites for hydroxylation is 1. The van der Waals surface area contributed by atoms with Gasteiger partial charge in [-0.1, -0.05) is 23.8 Å². The number of aliphatic hydroxyl groups is 1. The maximum Gasteiger partial charge on any atom is 0.120 e. The highest BCUT2D eigenvalue weighted by Crippen LogP contribution is 2.22. The zero-order valence-electron chi connectivity index (χ0n) is 15.6. The average molecular weight is 356 g/mol. The number of hydrogen-bond donors (Lipinski definition) is 1. The smallest absolute Gasteiger partial charge is 0.120 e. The molecule has 5 nitrogen and oxygen atoms in total. The predicted octanol–water partition coefficient (Wildman–Crippen LogP) is 2.57. The van der Waals surface area contributed by atoms with Crippen LogP contribution in [0, 0.1) is 6.92 Å². The van der Waals surface area contributed by atoms with Gasteiger partial charge in [-0.3, -0.25) is 4.90 Å². The molecule has 1 heterocycles. The van der Waals surface area contributed by atoms with Gasteiger partial charge in [0.25, 0.3) is 0 Å².